The van der Waals surface area contributed by atoms with E-state index in [0.29, 0.717) is 12.0 Å². The molecular formula is C16H28N2O3. The number of rotatable bonds is 4. The van der Waals surface area contributed by atoms with Crippen LogP contribution in [0.3, 0.4) is 0 Å². The van der Waals surface area contributed by atoms with Gasteiger partial charge in [0.1, 0.15) is 6.04 Å². The molecule has 1 aliphatic carbocycles. The van der Waals surface area contributed by atoms with Crippen LogP contribution < -0.4 is 5.32 Å². The van der Waals surface area contributed by atoms with Gasteiger partial charge in [0.2, 0.25) is 0 Å². The van der Waals surface area contributed by atoms with Gasteiger partial charge in [0.15, 0.2) is 0 Å². The second-order valence-electron chi connectivity index (χ2n) is 6.60. The number of carbonyl (C=O) groups excluding carboxylic acids is 1. The van der Waals surface area contributed by atoms with Crippen LogP contribution in [-0.2, 0) is 4.79 Å². The molecule has 0 spiro atoms. The number of aliphatic carboxylic acids is 1. The van der Waals surface area contributed by atoms with Gasteiger partial charge >= 0.3 is 12.0 Å². The summed E-state index contributed by atoms with van der Waals surface area (Å²) in [5.74, 6) is -0.376. The summed E-state index contributed by atoms with van der Waals surface area (Å²) in [6.45, 7) is 4.59. The van der Waals surface area contributed by atoms with Crippen LogP contribution in [0.15, 0.2) is 0 Å². The SMILES string of the molecule is CCC(C)[C@H](NC(=O)N1CCCC2CCCCC21)C(=O)O. The lowest BCUT2D eigenvalue weighted by Crippen LogP contribution is -2.57. The number of fused-ring (bicyclic) bond motifs is 1. The molecule has 21 heavy (non-hydrogen) atoms. The first-order chi connectivity index (χ1) is 10.0. The highest BCUT2D eigenvalue weighted by Crippen LogP contribution is 2.35. The molecule has 1 saturated carbocycles. The largest absolute Gasteiger partial charge is 0.480 e. The zero-order valence-corrected chi connectivity index (χ0v) is 13.2. The maximum Gasteiger partial charge on any atom is 0.326 e. The molecule has 2 amide bonds. The number of hydrogen-bond donors (Lipinski definition) is 2. The van der Waals surface area contributed by atoms with E-state index in [2.05, 4.69) is 5.32 Å². The number of urea groups is 1. The summed E-state index contributed by atoms with van der Waals surface area (Å²) >= 11 is 0. The van der Waals surface area contributed by atoms with Crippen molar-refractivity contribution in [3.8, 4) is 0 Å². The van der Waals surface area contributed by atoms with Gasteiger partial charge in [-0.25, -0.2) is 9.59 Å². The molecule has 2 N–H and O–H groups in total. The van der Waals surface area contributed by atoms with Gasteiger partial charge < -0.3 is 15.3 Å². The van der Waals surface area contributed by atoms with Crippen LogP contribution in [0.25, 0.3) is 0 Å². The molecule has 0 aromatic rings. The van der Waals surface area contributed by atoms with Gasteiger partial charge in [-0.2, -0.15) is 0 Å². The Morgan fingerprint density at radius 2 is 1.90 bits per heavy atom. The van der Waals surface area contributed by atoms with Crippen LogP contribution in [-0.4, -0.2) is 40.6 Å². The van der Waals surface area contributed by atoms with Crippen LogP contribution in [0.2, 0.25) is 0 Å². The van der Waals surface area contributed by atoms with E-state index in [0.717, 1.165) is 25.8 Å². The Morgan fingerprint density at radius 3 is 2.57 bits per heavy atom. The molecule has 0 aromatic heterocycles. The average Bonchev–Trinajstić information content (AvgIpc) is 2.50. The quantitative estimate of drug-likeness (QED) is 0.838. The number of amides is 2. The number of nitrogens with zero attached hydrogens (tertiary/aromatic N) is 1. The fourth-order valence-corrected chi connectivity index (χ4v) is 3.78. The minimum absolute atomic E-state index is 0.0570. The smallest absolute Gasteiger partial charge is 0.326 e. The first kappa shape index (κ1) is 16.1. The Balaban J connectivity index is 2.02. The van der Waals surface area contributed by atoms with E-state index in [-0.39, 0.29) is 11.9 Å². The lowest BCUT2D eigenvalue weighted by atomic mass is 9.78. The van der Waals surface area contributed by atoms with Crippen molar-refractivity contribution in [2.45, 2.75) is 70.9 Å². The second-order valence-corrected chi connectivity index (χ2v) is 6.60. The van der Waals surface area contributed by atoms with Crippen molar-refractivity contribution in [1.29, 1.82) is 0 Å². The topological polar surface area (TPSA) is 69.6 Å². The normalized spacial score (nSPS) is 28.4. The summed E-state index contributed by atoms with van der Waals surface area (Å²) in [6, 6.07) is -0.648. The summed E-state index contributed by atoms with van der Waals surface area (Å²) in [6.07, 6.45) is 7.71. The first-order valence-electron chi connectivity index (χ1n) is 8.34. The van der Waals surface area contributed by atoms with E-state index >= 15 is 0 Å². The molecule has 5 nitrogen and oxygen atoms in total. The fourth-order valence-electron chi connectivity index (χ4n) is 3.78. The lowest BCUT2D eigenvalue weighted by molar-refractivity contribution is -0.140. The van der Waals surface area contributed by atoms with Crippen LogP contribution in [0.1, 0.15) is 58.8 Å². The van der Waals surface area contributed by atoms with E-state index in [1.165, 1.54) is 25.7 Å². The van der Waals surface area contributed by atoms with Crippen LogP contribution >= 0.6 is 0 Å². The molecular weight excluding hydrogens is 268 g/mol. The third kappa shape index (κ3) is 3.69. The lowest BCUT2D eigenvalue weighted by Gasteiger charge is -2.44. The first-order valence-corrected chi connectivity index (χ1v) is 8.34. The number of hydrogen-bond acceptors (Lipinski definition) is 2. The summed E-state index contributed by atoms with van der Waals surface area (Å²) in [5, 5.41) is 12.1. The molecule has 5 heteroatoms. The van der Waals surface area contributed by atoms with Crippen LogP contribution in [0.5, 0.6) is 0 Å². The van der Waals surface area contributed by atoms with Gasteiger partial charge in [-0.05, 0) is 37.5 Å². The predicted octanol–water partition coefficient (Wildman–Crippen LogP) is 2.85. The van der Waals surface area contributed by atoms with E-state index in [9.17, 15) is 14.7 Å². The minimum atomic E-state index is -0.935. The molecule has 0 aromatic carbocycles. The van der Waals surface area contributed by atoms with Crippen LogP contribution in [0, 0.1) is 11.8 Å². The van der Waals surface area contributed by atoms with Crippen molar-refractivity contribution in [3.63, 3.8) is 0 Å². The highest BCUT2D eigenvalue weighted by atomic mass is 16.4. The molecule has 3 unspecified atom stereocenters. The molecule has 2 fully saturated rings. The van der Waals surface area contributed by atoms with Gasteiger partial charge in [-0.1, -0.05) is 33.1 Å². The number of carboxylic acid groups (broad SMARTS) is 1. The number of likely N-dealkylation sites (tertiary alicyclic amines) is 1. The van der Waals surface area contributed by atoms with Gasteiger partial charge in [0.05, 0.1) is 0 Å². The summed E-state index contributed by atoms with van der Waals surface area (Å²) in [5.41, 5.74) is 0. The maximum atomic E-state index is 12.5. The third-order valence-corrected chi connectivity index (χ3v) is 5.26. The molecule has 4 atom stereocenters. The van der Waals surface area contributed by atoms with E-state index in [1.54, 1.807) is 0 Å². The van der Waals surface area contributed by atoms with Crippen LogP contribution in [0.4, 0.5) is 4.79 Å². The Bertz CT molecular complexity index is 384. The zero-order valence-electron chi connectivity index (χ0n) is 13.2. The Hall–Kier alpha value is -1.26. The third-order valence-electron chi connectivity index (χ3n) is 5.26. The summed E-state index contributed by atoms with van der Waals surface area (Å²) in [4.78, 5) is 25.8. The molecule has 2 aliphatic rings. The van der Waals surface area contributed by atoms with Crippen molar-refractivity contribution in [3.05, 3.63) is 0 Å². The van der Waals surface area contributed by atoms with Crippen molar-refractivity contribution in [1.82, 2.24) is 10.2 Å². The number of piperidine rings is 1. The molecule has 1 heterocycles. The van der Waals surface area contributed by atoms with E-state index < -0.39 is 12.0 Å². The Kier molecular flexibility index (Phi) is 5.48. The standard InChI is InChI=1S/C16H28N2O3/c1-3-11(2)14(15(19)20)17-16(21)18-10-6-8-12-7-4-5-9-13(12)18/h11-14H,3-10H2,1-2H3,(H,17,21)(H,19,20)/t11?,12?,13?,14-/m0/s1. The van der Waals surface area contributed by atoms with E-state index in [1.807, 2.05) is 18.7 Å². The van der Waals surface area contributed by atoms with Crippen molar-refractivity contribution in [2.24, 2.45) is 11.8 Å². The van der Waals surface area contributed by atoms with Crippen molar-refractivity contribution < 1.29 is 14.7 Å². The zero-order chi connectivity index (χ0) is 15.4. The summed E-state index contributed by atoms with van der Waals surface area (Å²) in [7, 11) is 0. The molecule has 0 radical (unpaired) electrons. The number of carboxylic acids is 1. The van der Waals surface area contributed by atoms with E-state index in [4.69, 9.17) is 0 Å². The Labute approximate surface area is 127 Å². The number of nitrogens with one attached hydrogen (secondary N) is 1. The minimum Gasteiger partial charge on any atom is -0.480 e. The molecule has 120 valence electrons. The van der Waals surface area contributed by atoms with Crippen molar-refractivity contribution in [2.75, 3.05) is 6.54 Å². The molecule has 1 aliphatic heterocycles. The highest BCUT2D eigenvalue weighted by molar-refractivity contribution is 5.83. The number of carbonyl (C=O) groups is 2. The predicted molar refractivity (Wildman–Crippen MR) is 81.1 cm³/mol. The van der Waals surface area contributed by atoms with Gasteiger partial charge in [0, 0.05) is 12.6 Å². The maximum absolute atomic E-state index is 12.5. The highest BCUT2D eigenvalue weighted by Gasteiger charge is 2.37. The molecule has 0 bridgehead atoms. The van der Waals surface area contributed by atoms with Gasteiger partial charge in [0.25, 0.3) is 0 Å². The van der Waals surface area contributed by atoms with Crippen molar-refractivity contribution >= 4 is 12.0 Å². The summed E-state index contributed by atoms with van der Waals surface area (Å²) < 4.78 is 0. The fraction of sp³-hybridized carbons (Fsp3) is 0.875. The Morgan fingerprint density at radius 1 is 1.24 bits per heavy atom. The molecule has 1 saturated heterocycles. The molecule has 2 rings (SSSR count). The second kappa shape index (κ2) is 7.14. The van der Waals surface area contributed by atoms with Gasteiger partial charge in [-0.15, -0.1) is 0 Å². The van der Waals surface area contributed by atoms with Gasteiger partial charge in [-0.3, -0.25) is 0 Å². The average molecular weight is 296 g/mol. The monoisotopic (exact) mass is 296 g/mol.